The van der Waals surface area contributed by atoms with Crippen LogP contribution in [0.3, 0.4) is 0 Å². The van der Waals surface area contributed by atoms with E-state index in [1.165, 1.54) is 15.4 Å². The summed E-state index contributed by atoms with van der Waals surface area (Å²) in [7, 11) is 9.19. The van der Waals surface area contributed by atoms with Gasteiger partial charge in [-0.05, 0) is 75.7 Å². The summed E-state index contributed by atoms with van der Waals surface area (Å²) >= 11 is 0. The zero-order chi connectivity index (χ0) is 9.80. The second-order valence-electron chi connectivity index (χ2n) is 2.65. The molecule has 0 spiro atoms. The summed E-state index contributed by atoms with van der Waals surface area (Å²) in [5.41, 5.74) is 6.99. The third kappa shape index (κ3) is 2.74. The lowest BCUT2D eigenvalue weighted by Crippen LogP contribution is -2.03. The van der Waals surface area contributed by atoms with Gasteiger partial charge in [-0.25, -0.2) is 0 Å². The van der Waals surface area contributed by atoms with Crippen molar-refractivity contribution in [2.45, 2.75) is 16.2 Å². The van der Waals surface area contributed by atoms with E-state index in [1.807, 2.05) is 51.1 Å². The average molecular weight is 280 g/mol. The minimum atomic E-state index is 0.729. The van der Waals surface area contributed by atoms with E-state index >= 15 is 0 Å². The molecule has 2 rings (SSSR count). The normalized spacial score (nSPS) is 16.1. The van der Waals surface area contributed by atoms with Gasteiger partial charge in [0.2, 0.25) is 0 Å². The molecule has 1 nitrogen and oxygen atoms in total. The monoisotopic (exact) mass is 279 g/mol. The van der Waals surface area contributed by atoms with E-state index in [0.29, 0.717) is 0 Å². The van der Waals surface area contributed by atoms with Crippen LogP contribution in [0.2, 0.25) is 0 Å². The fraction of sp³-hybridized carbons (Fsp3) is 0.250. The SMILES string of the molecule is NCCc1cccc2c1SSSSS2. The molecule has 14 heavy (non-hydrogen) atoms. The molecule has 0 amide bonds. The topological polar surface area (TPSA) is 26.0 Å². The van der Waals surface area contributed by atoms with Gasteiger partial charge in [-0.3, -0.25) is 0 Å². The van der Waals surface area contributed by atoms with Crippen molar-refractivity contribution in [3.63, 3.8) is 0 Å². The van der Waals surface area contributed by atoms with Crippen LogP contribution in [0.1, 0.15) is 5.56 Å². The van der Waals surface area contributed by atoms with Gasteiger partial charge >= 0.3 is 0 Å². The summed E-state index contributed by atoms with van der Waals surface area (Å²) in [5, 5.41) is 0. The number of nitrogens with two attached hydrogens (primary N) is 1. The zero-order valence-corrected chi connectivity index (χ0v) is 11.3. The maximum absolute atomic E-state index is 5.60. The van der Waals surface area contributed by atoms with Gasteiger partial charge in [0, 0.05) is 9.79 Å². The first-order valence-corrected chi connectivity index (χ1v) is 10.2. The van der Waals surface area contributed by atoms with Crippen LogP contribution in [0.15, 0.2) is 28.0 Å². The van der Waals surface area contributed by atoms with Crippen molar-refractivity contribution in [1.82, 2.24) is 0 Å². The predicted octanol–water partition coefficient (Wildman–Crippen LogP) is 4.25. The zero-order valence-electron chi connectivity index (χ0n) is 7.26. The van der Waals surface area contributed by atoms with Crippen LogP contribution in [0.5, 0.6) is 0 Å². The maximum Gasteiger partial charge on any atom is 0.0368 e. The van der Waals surface area contributed by atoms with E-state index in [2.05, 4.69) is 18.2 Å². The fourth-order valence-electron chi connectivity index (χ4n) is 1.18. The smallest absolute Gasteiger partial charge is 0.0368 e. The van der Waals surface area contributed by atoms with Crippen molar-refractivity contribution >= 4 is 51.1 Å². The van der Waals surface area contributed by atoms with Crippen molar-refractivity contribution in [3.05, 3.63) is 23.8 Å². The standard InChI is InChI=1S/C8H9NS5/c9-5-4-6-2-1-3-7-8(6)11-13-14-12-10-7/h1-3H,4-5,9H2. The van der Waals surface area contributed by atoms with Crippen LogP contribution in [0.25, 0.3) is 0 Å². The molecule has 0 aliphatic carbocycles. The lowest BCUT2D eigenvalue weighted by molar-refractivity contribution is 0.931. The van der Waals surface area contributed by atoms with Gasteiger partial charge in [0.1, 0.15) is 0 Å². The number of fused-ring (bicyclic) bond motifs is 1. The number of hydrogen-bond donors (Lipinski definition) is 1. The minimum absolute atomic E-state index is 0.729. The minimum Gasteiger partial charge on any atom is -0.330 e. The van der Waals surface area contributed by atoms with E-state index in [1.54, 1.807) is 0 Å². The Labute approximate surface area is 103 Å². The molecule has 0 bridgehead atoms. The Hall–Kier alpha value is 0.930. The molecule has 0 aromatic heterocycles. The van der Waals surface area contributed by atoms with Crippen LogP contribution in [0, 0.1) is 0 Å². The van der Waals surface area contributed by atoms with E-state index in [4.69, 9.17) is 5.73 Å². The second kappa shape index (κ2) is 5.86. The third-order valence-corrected chi connectivity index (χ3v) is 10.3. The van der Waals surface area contributed by atoms with Gasteiger partial charge in [-0.1, -0.05) is 12.1 Å². The first-order chi connectivity index (χ1) is 6.92. The van der Waals surface area contributed by atoms with Crippen molar-refractivity contribution in [3.8, 4) is 0 Å². The second-order valence-corrected chi connectivity index (χ2v) is 10.1. The van der Waals surface area contributed by atoms with Gasteiger partial charge in [-0.2, -0.15) is 0 Å². The molecule has 1 heterocycles. The molecular weight excluding hydrogens is 270 g/mol. The van der Waals surface area contributed by atoms with Gasteiger partial charge < -0.3 is 5.73 Å². The molecule has 6 heteroatoms. The third-order valence-electron chi connectivity index (χ3n) is 1.77. The maximum atomic E-state index is 5.60. The van der Waals surface area contributed by atoms with E-state index in [9.17, 15) is 0 Å². The predicted molar refractivity (Wildman–Crippen MR) is 73.7 cm³/mol. The van der Waals surface area contributed by atoms with Crippen LogP contribution in [0.4, 0.5) is 0 Å². The summed E-state index contributed by atoms with van der Waals surface area (Å²) in [5.74, 6) is 0. The van der Waals surface area contributed by atoms with Gasteiger partial charge in [0.15, 0.2) is 0 Å². The lowest BCUT2D eigenvalue weighted by atomic mass is 10.1. The molecule has 1 aliphatic rings. The molecule has 1 aliphatic heterocycles. The molecule has 0 saturated heterocycles. The van der Waals surface area contributed by atoms with Crippen LogP contribution in [-0.4, -0.2) is 6.54 Å². The van der Waals surface area contributed by atoms with Crippen molar-refractivity contribution in [2.75, 3.05) is 6.54 Å². The van der Waals surface area contributed by atoms with Gasteiger partial charge in [-0.15, -0.1) is 0 Å². The van der Waals surface area contributed by atoms with Gasteiger partial charge in [0.25, 0.3) is 0 Å². The number of rotatable bonds is 2. The molecule has 76 valence electrons. The van der Waals surface area contributed by atoms with Crippen LogP contribution in [-0.2, 0) is 6.42 Å². The first kappa shape index (κ1) is 11.4. The van der Waals surface area contributed by atoms with E-state index < -0.39 is 0 Å². The highest BCUT2D eigenvalue weighted by Crippen LogP contribution is 2.59. The summed E-state index contributed by atoms with van der Waals surface area (Å²) in [6.07, 6.45) is 0.979. The molecule has 1 aromatic carbocycles. The molecule has 0 radical (unpaired) electrons. The highest BCUT2D eigenvalue weighted by molar-refractivity contribution is 9.36. The average Bonchev–Trinajstić information content (AvgIpc) is 2.44. The fourth-order valence-corrected chi connectivity index (χ4v) is 10.3. The van der Waals surface area contributed by atoms with Crippen LogP contribution < -0.4 is 5.73 Å². The number of hydrogen-bond acceptors (Lipinski definition) is 6. The highest BCUT2D eigenvalue weighted by atomic mass is 33.8. The Morgan fingerprint density at radius 2 is 1.93 bits per heavy atom. The molecule has 0 fully saturated rings. The summed E-state index contributed by atoms with van der Waals surface area (Å²) in [6.45, 7) is 0.729. The summed E-state index contributed by atoms with van der Waals surface area (Å²) in [6, 6.07) is 6.49. The van der Waals surface area contributed by atoms with Crippen molar-refractivity contribution in [1.29, 1.82) is 0 Å². The van der Waals surface area contributed by atoms with Gasteiger partial charge in [0.05, 0.1) is 0 Å². The van der Waals surface area contributed by atoms with Crippen LogP contribution >= 0.6 is 51.1 Å². The molecule has 0 atom stereocenters. The Kier molecular flexibility index (Phi) is 4.78. The summed E-state index contributed by atoms with van der Waals surface area (Å²) < 4.78 is 0. The largest absolute Gasteiger partial charge is 0.330 e. The molecule has 0 unspecified atom stereocenters. The van der Waals surface area contributed by atoms with Crippen molar-refractivity contribution in [2.24, 2.45) is 5.73 Å². The number of benzene rings is 1. The quantitative estimate of drug-likeness (QED) is 0.813. The molecule has 0 saturated carbocycles. The lowest BCUT2D eigenvalue weighted by Gasteiger charge is -2.08. The highest BCUT2D eigenvalue weighted by Gasteiger charge is 2.13. The molecular formula is C8H9NS5. The van der Waals surface area contributed by atoms with E-state index in [-0.39, 0.29) is 0 Å². The Balaban J connectivity index is 2.32. The molecule has 2 N–H and O–H groups in total. The Bertz CT molecular complexity index is 317. The van der Waals surface area contributed by atoms with E-state index in [0.717, 1.165) is 13.0 Å². The van der Waals surface area contributed by atoms with Crippen molar-refractivity contribution < 1.29 is 0 Å². The molecule has 1 aromatic rings. The Morgan fingerprint density at radius 1 is 1.07 bits per heavy atom. The first-order valence-electron chi connectivity index (χ1n) is 4.08. The Morgan fingerprint density at radius 3 is 2.79 bits per heavy atom. The summed E-state index contributed by atoms with van der Waals surface area (Å²) in [4.78, 5) is 2.79.